The molecule has 0 amide bonds. The van der Waals surface area contributed by atoms with Gasteiger partial charge in [-0.3, -0.25) is 0 Å². The number of aromatic nitrogens is 1. The van der Waals surface area contributed by atoms with Gasteiger partial charge in [-0.1, -0.05) is 13.8 Å². The van der Waals surface area contributed by atoms with Crippen LogP contribution in [0.25, 0.3) is 0 Å². The van der Waals surface area contributed by atoms with E-state index in [1.807, 2.05) is 0 Å². The lowest BCUT2D eigenvalue weighted by molar-refractivity contribution is -0.00547. The topological polar surface area (TPSA) is 51.4 Å². The number of rotatable bonds is 3. The van der Waals surface area contributed by atoms with Crippen LogP contribution in [-0.2, 0) is 11.3 Å². The van der Waals surface area contributed by atoms with Crippen LogP contribution < -0.4 is 10.6 Å². The van der Waals surface area contributed by atoms with Crippen molar-refractivity contribution in [3.8, 4) is 0 Å². The summed E-state index contributed by atoms with van der Waals surface area (Å²) in [5, 5.41) is 0. The fraction of sp³-hybridized carbons (Fsp3) is 0.667. The maximum atomic E-state index is 5.80. The summed E-state index contributed by atoms with van der Waals surface area (Å²) in [6.45, 7) is 10.9. The van der Waals surface area contributed by atoms with Gasteiger partial charge in [-0.2, -0.15) is 0 Å². The van der Waals surface area contributed by atoms with Crippen molar-refractivity contribution in [3.05, 3.63) is 23.4 Å². The van der Waals surface area contributed by atoms with Gasteiger partial charge in [0.15, 0.2) is 0 Å². The predicted molar refractivity (Wildman–Crippen MR) is 78.4 cm³/mol. The van der Waals surface area contributed by atoms with Gasteiger partial charge >= 0.3 is 0 Å². The number of nitrogens with two attached hydrogens (primary N) is 1. The van der Waals surface area contributed by atoms with Crippen LogP contribution in [0.3, 0.4) is 0 Å². The molecule has 1 aliphatic rings. The van der Waals surface area contributed by atoms with Crippen molar-refractivity contribution in [3.63, 3.8) is 0 Å². The highest BCUT2D eigenvalue weighted by molar-refractivity contribution is 5.44. The number of nitrogens with zero attached hydrogens (tertiary/aromatic N) is 2. The molecule has 0 bridgehead atoms. The second-order valence-corrected chi connectivity index (χ2v) is 5.78. The van der Waals surface area contributed by atoms with Crippen LogP contribution in [0.4, 0.5) is 5.82 Å². The first-order valence-corrected chi connectivity index (χ1v) is 7.11. The van der Waals surface area contributed by atoms with E-state index in [1.165, 1.54) is 0 Å². The van der Waals surface area contributed by atoms with Gasteiger partial charge in [0.05, 0.1) is 12.2 Å². The first kappa shape index (κ1) is 14.3. The Morgan fingerprint density at radius 2 is 1.95 bits per heavy atom. The second kappa shape index (κ2) is 5.88. The third-order valence-electron chi connectivity index (χ3n) is 3.46. The molecule has 4 heteroatoms. The number of hydrogen-bond donors (Lipinski definition) is 1. The monoisotopic (exact) mass is 263 g/mol. The molecule has 2 N–H and O–H groups in total. The molecule has 1 fully saturated rings. The molecule has 2 unspecified atom stereocenters. The molecule has 0 aliphatic carbocycles. The number of morpholine rings is 1. The minimum atomic E-state index is 0.245. The number of pyridine rings is 1. The van der Waals surface area contributed by atoms with E-state index in [1.54, 1.807) is 0 Å². The lowest BCUT2D eigenvalue weighted by Gasteiger charge is -2.36. The van der Waals surface area contributed by atoms with E-state index in [0.29, 0.717) is 12.5 Å². The molecular weight excluding hydrogens is 238 g/mol. The molecule has 106 valence electrons. The summed E-state index contributed by atoms with van der Waals surface area (Å²) in [6, 6.07) is 4.22. The van der Waals surface area contributed by atoms with Crippen LogP contribution in [-0.4, -0.2) is 30.3 Å². The SMILES string of the molecule is CC1CN(c2cc(CN)cc(C(C)C)n2)CC(C)O1. The largest absolute Gasteiger partial charge is 0.372 e. The molecule has 1 aromatic heterocycles. The van der Waals surface area contributed by atoms with Crippen LogP contribution in [0.15, 0.2) is 12.1 Å². The van der Waals surface area contributed by atoms with E-state index in [9.17, 15) is 0 Å². The smallest absolute Gasteiger partial charge is 0.129 e. The summed E-state index contributed by atoms with van der Waals surface area (Å²) in [7, 11) is 0. The zero-order valence-corrected chi connectivity index (χ0v) is 12.4. The van der Waals surface area contributed by atoms with Crippen LogP contribution in [0.5, 0.6) is 0 Å². The third kappa shape index (κ3) is 3.45. The van der Waals surface area contributed by atoms with E-state index in [-0.39, 0.29) is 12.2 Å². The molecule has 2 atom stereocenters. The Labute approximate surface area is 116 Å². The highest BCUT2D eigenvalue weighted by Crippen LogP contribution is 2.23. The molecule has 0 spiro atoms. The van der Waals surface area contributed by atoms with E-state index < -0.39 is 0 Å². The van der Waals surface area contributed by atoms with Crippen molar-refractivity contribution in [1.29, 1.82) is 0 Å². The third-order valence-corrected chi connectivity index (χ3v) is 3.46. The summed E-state index contributed by atoms with van der Waals surface area (Å²) < 4.78 is 5.78. The molecule has 4 nitrogen and oxygen atoms in total. The Kier molecular flexibility index (Phi) is 4.42. The van der Waals surface area contributed by atoms with Crippen LogP contribution in [0.1, 0.15) is 44.9 Å². The Morgan fingerprint density at radius 1 is 1.32 bits per heavy atom. The fourth-order valence-corrected chi connectivity index (χ4v) is 2.53. The van der Waals surface area contributed by atoms with Crippen LogP contribution in [0.2, 0.25) is 0 Å². The highest BCUT2D eigenvalue weighted by Gasteiger charge is 2.23. The molecule has 2 rings (SSSR count). The van der Waals surface area contributed by atoms with Gasteiger partial charge in [-0.05, 0) is 37.5 Å². The summed E-state index contributed by atoms with van der Waals surface area (Å²) in [5.74, 6) is 1.45. The average molecular weight is 263 g/mol. The van der Waals surface area contributed by atoms with Gasteiger partial charge in [-0.15, -0.1) is 0 Å². The van der Waals surface area contributed by atoms with Gasteiger partial charge in [0.2, 0.25) is 0 Å². The van der Waals surface area contributed by atoms with Crippen molar-refractivity contribution in [2.45, 2.75) is 52.4 Å². The Bertz CT molecular complexity index is 423. The number of anilines is 1. The molecule has 19 heavy (non-hydrogen) atoms. The van der Waals surface area contributed by atoms with Crippen molar-refractivity contribution >= 4 is 5.82 Å². The van der Waals surface area contributed by atoms with Crippen molar-refractivity contribution in [2.24, 2.45) is 5.73 Å². The Hall–Kier alpha value is -1.13. The zero-order chi connectivity index (χ0) is 14.0. The van der Waals surface area contributed by atoms with E-state index >= 15 is 0 Å². The van der Waals surface area contributed by atoms with Gasteiger partial charge < -0.3 is 15.4 Å². The standard InChI is InChI=1S/C15H25N3O/c1-10(2)14-5-13(7-16)6-15(17-14)18-8-11(3)19-12(4)9-18/h5-6,10-12H,7-9,16H2,1-4H3. The van der Waals surface area contributed by atoms with Crippen molar-refractivity contribution in [2.75, 3.05) is 18.0 Å². The summed E-state index contributed by atoms with van der Waals surface area (Å²) >= 11 is 0. The number of ether oxygens (including phenoxy) is 1. The molecule has 1 saturated heterocycles. The molecule has 0 saturated carbocycles. The van der Waals surface area contributed by atoms with Crippen LogP contribution in [0, 0.1) is 0 Å². The maximum Gasteiger partial charge on any atom is 0.129 e. The molecule has 0 radical (unpaired) electrons. The lowest BCUT2D eigenvalue weighted by Crippen LogP contribution is -2.46. The quantitative estimate of drug-likeness (QED) is 0.909. The van der Waals surface area contributed by atoms with E-state index in [0.717, 1.165) is 30.2 Å². The Balaban J connectivity index is 2.30. The van der Waals surface area contributed by atoms with Gasteiger partial charge in [0.25, 0.3) is 0 Å². The fourth-order valence-electron chi connectivity index (χ4n) is 2.53. The molecule has 2 heterocycles. The second-order valence-electron chi connectivity index (χ2n) is 5.78. The molecule has 1 aliphatic heterocycles. The van der Waals surface area contributed by atoms with Gasteiger partial charge in [-0.25, -0.2) is 4.98 Å². The highest BCUT2D eigenvalue weighted by atomic mass is 16.5. The Morgan fingerprint density at radius 3 is 2.47 bits per heavy atom. The van der Waals surface area contributed by atoms with Crippen molar-refractivity contribution in [1.82, 2.24) is 4.98 Å². The van der Waals surface area contributed by atoms with Gasteiger partial charge in [0.1, 0.15) is 5.82 Å². The van der Waals surface area contributed by atoms with Crippen LogP contribution >= 0.6 is 0 Å². The summed E-state index contributed by atoms with van der Waals surface area (Å²) in [6.07, 6.45) is 0.490. The minimum absolute atomic E-state index is 0.245. The summed E-state index contributed by atoms with van der Waals surface area (Å²) in [5.41, 5.74) is 8.07. The van der Waals surface area contributed by atoms with Gasteiger partial charge in [0, 0.05) is 25.3 Å². The predicted octanol–water partition coefficient (Wildman–Crippen LogP) is 2.28. The van der Waals surface area contributed by atoms with Crippen molar-refractivity contribution < 1.29 is 4.74 Å². The molecule has 0 aromatic carbocycles. The zero-order valence-electron chi connectivity index (χ0n) is 12.4. The molecular formula is C15H25N3O. The minimum Gasteiger partial charge on any atom is -0.372 e. The normalized spacial score (nSPS) is 24.0. The summed E-state index contributed by atoms with van der Waals surface area (Å²) in [4.78, 5) is 7.10. The average Bonchev–Trinajstić information content (AvgIpc) is 2.37. The maximum absolute atomic E-state index is 5.80. The first-order valence-electron chi connectivity index (χ1n) is 7.11. The first-order chi connectivity index (χ1) is 8.99. The molecule has 1 aromatic rings. The van der Waals surface area contributed by atoms with E-state index in [4.69, 9.17) is 15.5 Å². The lowest BCUT2D eigenvalue weighted by atomic mass is 10.1. The van der Waals surface area contributed by atoms with E-state index in [2.05, 4.69) is 44.7 Å². The number of hydrogen-bond acceptors (Lipinski definition) is 4.